The number of hydrogen-bond acceptors (Lipinski definition) is 2. The maximum absolute atomic E-state index is 5.71. The van der Waals surface area contributed by atoms with E-state index in [1.165, 1.54) is 16.5 Å². The van der Waals surface area contributed by atoms with Crippen LogP contribution in [-0.2, 0) is 12.8 Å². The van der Waals surface area contributed by atoms with E-state index in [9.17, 15) is 0 Å². The molecule has 2 nitrogen and oxygen atoms in total. The van der Waals surface area contributed by atoms with Crippen molar-refractivity contribution in [1.29, 1.82) is 0 Å². The van der Waals surface area contributed by atoms with Gasteiger partial charge in [0, 0.05) is 30.1 Å². The molecule has 0 aliphatic heterocycles. The van der Waals surface area contributed by atoms with Crippen LogP contribution in [0.2, 0.25) is 0 Å². The number of rotatable bonds is 1. The molecule has 68 valence electrons. The largest absolute Gasteiger partial charge is 0.399 e. The molecule has 0 fully saturated rings. The van der Waals surface area contributed by atoms with Gasteiger partial charge in [-0.05, 0) is 17.7 Å². The van der Waals surface area contributed by atoms with Gasteiger partial charge in [-0.15, -0.1) is 0 Å². The Hall–Kier alpha value is -1.09. The van der Waals surface area contributed by atoms with Crippen molar-refractivity contribution in [2.75, 3.05) is 5.73 Å². The number of fused-ring (bicyclic) bond motifs is 1. The minimum absolute atomic E-state index is 0.765. The van der Waals surface area contributed by atoms with Gasteiger partial charge in [0.2, 0.25) is 0 Å². The summed E-state index contributed by atoms with van der Waals surface area (Å²) in [5.41, 5.74) is 8.94. The van der Waals surface area contributed by atoms with E-state index in [2.05, 4.69) is 29.5 Å². The minimum Gasteiger partial charge on any atom is -0.399 e. The molecule has 0 unspecified atom stereocenters. The second-order valence-electron chi connectivity index (χ2n) is 3.20. The van der Waals surface area contributed by atoms with Gasteiger partial charge in [-0.1, -0.05) is 6.07 Å². The Balaban J connectivity index is 2.80. The number of thiol groups is 1. The lowest BCUT2D eigenvalue weighted by atomic mass is 10.2. The van der Waals surface area contributed by atoms with Crippen LogP contribution in [-0.4, -0.2) is 4.57 Å². The van der Waals surface area contributed by atoms with Gasteiger partial charge in [-0.3, -0.25) is 0 Å². The molecular formula is C10H12N2S. The van der Waals surface area contributed by atoms with E-state index >= 15 is 0 Å². The fraction of sp³-hybridized carbons (Fsp3) is 0.200. The Kier molecular flexibility index (Phi) is 1.96. The van der Waals surface area contributed by atoms with Crippen molar-refractivity contribution in [3.05, 3.63) is 30.0 Å². The Morgan fingerprint density at radius 2 is 2.23 bits per heavy atom. The average Bonchev–Trinajstić information content (AvgIpc) is 2.43. The monoisotopic (exact) mass is 192 g/mol. The summed E-state index contributed by atoms with van der Waals surface area (Å²) in [6.45, 7) is 0. The summed E-state index contributed by atoms with van der Waals surface area (Å²) in [5, 5.41) is 1.24. The number of nitrogens with two attached hydrogens (primary N) is 1. The predicted molar refractivity (Wildman–Crippen MR) is 60.0 cm³/mol. The molecule has 0 spiro atoms. The number of aryl methyl sites for hydroxylation is 1. The Labute approximate surface area is 82.8 Å². The third-order valence-corrected chi connectivity index (χ3v) is 2.61. The molecule has 0 bridgehead atoms. The van der Waals surface area contributed by atoms with Crippen LogP contribution in [0.5, 0.6) is 0 Å². The highest BCUT2D eigenvalue weighted by molar-refractivity contribution is 7.79. The van der Waals surface area contributed by atoms with Crippen LogP contribution in [0.3, 0.4) is 0 Å². The topological polar surface area (TPSA) is 30.9 Å². The highest BCUT2D eigenvalue weighted by atomic mass is 32.1. The smallest absolute Gasteiger partial charge is 0.0501 e. The molecule has 1 heterocycles. The summed E-state index contributed by atoms with van der Waals surface area (Å²) in [6.07, 6.45) is 2.09. The summed E-state index contributed by atoms with van der Waals surface area (Å²) >= 11 is 4.28. The molecule has 13 heavy (non-hydrogen) atoms. The summed E-state index contributed by atoms with van der Waals surface area (Å²) < 4.78 is 2.08. The standard InChI is InChI=1S/C10H12N2S/c1-12-5-7(6-13)9-3-2-8(11)4-10(9)12/h2-5,13H,6,11H2,1H3. The summed E-state index contributed by atoms with van der Waals surface area (Å²) in [4.78, 5) is 0. The molecule has 0 saturated heterocycles. The van der Waals surface area contributed by atoms with Crippen molar-refractivity contribution in [2.24, 2.45) is 7.05 Å². The van der Waals surface area contributed by atoms with Gasteiger partial charge in [-0.2, -0.15) is 12.6 Å². The number of hydrogen-bond donors (Lipinski definition) is 2. The maximum Gasteiger partial charge on any atom is 0.0501 e. The van der Waals surface area contributed by atoms with Crippen molar-refractivity contribution in [1.82, 2.24) is 4.57 Å². The van der Waals surface area contributed by atoms with Gasteiger partial charge in [0.25, 0.3) is 0 Å². The first-order valence-corrected chi connectivity index (χ1v) is 4.80. The molecule has 1 aromatic carbocycles. The van der Waals surface area contributed by atoms with Crippen LogP contribution in [0.25, 0.3) is 10.9 Å². The lowest BCUT2D eigenvalue weighted by Crippen LogP contribution is -1.87. The van der Waals surface area contributed by atoms with E-state index < -0.39 is 0 Å². The number of benzene rings is 1. The molecule has 2 N–H and O–H groups in total. The molecule has 1 aromatic heterocycles. The lowest BCUT2D eigenvalue weighted by molar-refractivity contribution is 0.963. The van der Waals surface area contributed by atoms with Crippen LogP contribution in [0, 0.1) is 0 Å². The van der Waals surface area contributed by atoms with Gasteiger partial charge in [0.1, 0.15) is 0 Å². The van der Waals surface area contributed by atoms with Crippen LogP contribution >= 0.6 is 12.6 Å². The normalized spacial score (nSPS) is 10.9. The molecule has 0 radical (unpaired) electrons. The number of anilines is 1. The summed E-state index contributed by atoms with van der Waals surface area (Å²) in [5.74, 6) is 0.765. The van der Waals surface area contributed by atoms with Crippen molar-refractivity contribution < 1.29 is 0 Å². The summed E-state index contributed by atoms with van der Waals surface area (Å²) in [7, 11) is 2.02. The van der Waals surface area contributed by atoms with Crippen molar-refractivity contribution in [3.8, 4) is 0 Å². The molecular weight excluding hydrogens is 180 g/mol. The average molecular weight is 192 g/mol. The molecule has 3 heteroatoms. The molecule has 0 aliphatic rings. The molecule has 2 aromatic rings. The predicted octanol–water partition coefficient (Wildman–Crippen LogP) is 2.19. The van der Waals surface area contributed by atoms with E-state index in [0.29, 0.717) is 0 Å². The molecule has 0 atom stereocenters. The quantitative estimate of drug-likeness (QED) is 0.526. The highest BCUT2D eigenvalue weighted by Gasteiger charge is 2.04. The van der Waals surface area contributed by atoms with Crippen LogP contribution in [0.1, 0.15) is 5.56 Å². The first kappa shape index (κ1) is 8.51. The zero-order valence-electron chi connectivity index (χ0n) is 7.49. The fourth-order valence-electron chi connectivity index (χ4n) is 1.61. The van der Waals surface area contributed by atoms with Crippen molar-refractivity contribution >= 4 is 29.2 Å². The third kappa shape index (κ3) is 1.29. The maximum atomic E-state index is 5.71. The van der Waals surface area contributed by atoms with Crippen molar-refractivity contribution in [3.63, 3.8) is 0 Å². The zero-order chi connectivity index (χ0) is 9.42. The minimum atomic E-state index is 0.765. The van der Waals surface area contributed by atoms with E-state index in [1.807, 2.05) is 19.2 Å². The molecule has 0 aliphatic carbocycles. The van der Waals surface area contributed by atoms with Gasteiger partial charge < -0.3 is 10.3 Å². The second kappa shape index (κ2) is 3.00. The van der Waals surface area contributed by atoms with Gasteiger partial charge in [-0.25, -0.2) is 0 Å². The van der Waals surface area contributed by atoms with Gasteiger partial charge >= 0.3 is 0 Å². The van der Waals surface area contributed by atoms with E-state index in [0.717, 1.165) is 11.4 Å². The SMILES string of the molecule is Cn1cc(CS)c2ccc(N)cc21. The van der Waals surface area contributed by atoms with Gasteiger partial charge in [0.05, 0.1) is 5.52 Å². The zero-order valence-corrected chi connectivity index (χ0v) is 8.38. The third-order valence-electron chi connectivity index (χ3n) is 2.27. The number of aromatic nitrogens is 1. The lowest BCUT2D eigenvalue weighted by Gasteiger charge is -1.97. The first-order chi connectivity index (χ1) is 6.22. The fourth-order valence-corrected chi connectivity index (χ4v) is 1.86. The Morgan fingerprint density at radius 3 is 2.92 bits per heavy atom. The molecule has 0 amide bonds. The van der Waals surface area contributed by atoms with E-state index in [-0.39, 0.29) is 0 Å². The second-order valence-corrected chi connectivity index (χ2v) is 3.52. The highest BCUT2D eigenvalue weighted by Crippen LogP contribution is 2.23. The van der Waals surface area contributed by atoms with Crippen LogP contribution < -0.4 is 5.73 Å². The van der Waals surface area contributed by atoms with E-state index in [4.69, 9.17) is 5.73 Å². The number of nitrogen functional groups attached to an aromatic ring is 1. The van der Waals surface area contributed by atoms with Gasteiger partial charge in [0.15, 0.2) is 0 Å². The Morgan fingerprint density at radius 1 is 1.46 bits per heavy atom. The first-order valence-electron chi connectivity index (χ1n) is 4.16. The van der Waals surface area contributed by atoms with Crippen molar-refractivity contribution in [2.45, 2.75) is 5.75 Å². The van der Waals surface area contributed by atoms with Crippen LogP contribution in [0.15, 0.2) is 24.4 Å². The Bertz CT molecular complexity index is 445. The number of nitrogens with zero attached hydrogens (tertiary/aromatic N) is 1. The summed E-state index contributed by atoms with van der Waals surface area (Å²) in [6, 6.07) is 5.97. The molecule has 0 saturated carbocycles. The van der Waals surface area contributed by atoms with Crippen LogP contribution in [0.4, 0.5) is 5.69 Å². The van der Waals surface area contributed by atoms with E-state index in [1.54, 1.807) is 0 Å². The molecule has 2 rings (SSSR count).